The molecule has 1 heterocycles. The maximum Gasteiger partial charge on any atom is 0.224 e. The zero-order chi connectivity index (χ0) is 13.7. The Morgan fingerprint density at radius 3 is 2.32 bits per heavy atom. The summed E-state index contributed by atoms with van der Waals surface area (Å²) in [6, 6.07) is 0. The summed E-state index contributed by atoms with van der Waals surface area (Å²) in [5, 5.41) is 0. The Labute approximate surface area is 117 Å². The van der Waals surface area contributed by atoms with Crippen molar-refractivity contribution in [3.63, 3.8) is 0 Å². The van der Waals surface area contributed by atoms with Gasteiger partial charge in [0.05, 0.1) is 0 Å². The highest BCUT2D eigenvalue weighted by molar-refractivity contribution is 5.77. The number of piperazine rings is 1. The van der Waals surface area contributed by atoms with Gasteiger partial charge in [-0.25, -0.2) is 0 Å². The third kappa shape index (κ3) is 4.18. The van der Waals surface area contributed by atoms with Crippen LogP contribution in [0.1, 0.15) is 51.9 Å². The number of amides is 1. The van der Waals surface area contributed by atoms with E-state index in [1.54, 1.807) is 0 Å². The zero-order valence-electron chi connectivity index (χ0n) is 12.4. The predicted octanol–water partition coefficient (Wildman–Crippen LogP) is 1.59. The van der Waals surface area contributed by atoms with E-state index in [9.17, 15) is 4.79 Å². The maximum atomic E-state index is 12.4. The lowest BCUT2D eigenvalue weighted by Gasteiger charge is -2.38. The second-order valence-electron chi connectivity index (χ2n) is 6.32. The molecule has 1 aliphatic heterocycles. The zero-order valence-corrected chi connectivity index (χ0v) is 12.4. The Balaban J connectivity index is 1.77. The first-order chi connectivity index (χ1) is 9.13. The summed E-state index contributed by atoms with van der Waals surface area (Å²) in [5.74, 6) is 0.278. The van der Waals surface area contributed by atoms with Crippen LogP contribution in [-0.4, -0.2) is 54.0 Å². The summed E-state index contributed by atoms with van der Waals surface area (Å²) in [4.78, 5) is 16.8. The minimum absolute atomic E-state index is 0.212. The SMILES string of the molecule is CCCN1CCN(C(=O)CC2(N)CCCCC2)CC1. The summed E-state index contributed by atoms with van der Waals surface area (Å²) in [6.45, 7) is 7.18. The third-order valence-corrected chi connectivity index (χ3v) is 4.62. The van der Waals surface area contributed by atoms with Gasteiger partial charge in [-0.3, -0.25) is 9.69 Å². The molecule has 1 aliphatic carbocycles. The van der Waals surface area contributed by atoms with E-state index in [1.165, 1.54) is 25.7 Å². The van der Waals surface area contributed by atoms with Gasteiger partial charge in [0.2, 0.25) is 5.91 Å². The van der Waals surface area contributed by atoms with Gasteiger partial charge < -0.3 is 10.6 Å². The molecule has 110 valence electrons. The Bertz CT molecular complexity index is 292. The molecular weight excluding hydrogens is 238 g/mol. The number of rotatable bonds is 4. The van der Waals surface area contributed by atoms with Crippen molar-refractivity contribution in [2.75, 3.05) is 32.7 Å². The molecule has 0 aromatic rings. The molecule has 0 aromatic carbocycles. The molecule has 2 fully saturated rings. The number of carbonyl (C=O) groups excluding carboxylic acids is 1. The lowest BCUT2D eigenvalue weighted by molar-refractivity contribution is -0.134. The average Bonchev–Trinajstić information content (AvgIpc) is 2.40. The molecule has 0 spiro atoms. The van der Waals surface area contributed by atoms with Crippen LogP contribution in [0.5, 0.6) is 0 Å². The van der Waals surface area contributed by atoms with E-state index in [0.29, 0.717) is 6.42 Å². The molecule has 0 atom stereocenters. The van der Waals surface area contributed by atoms with Crippen LogP contribution in [0.3, 0.4) is 0 Å². The second-order valence-corrected chi connectivity index (χ2v) is 6.32. The molecule has 2 aliphatic rings. The number of hydrogen-bond acceptors (Lipinski definition) is 3. The van der Waals surface area contributed by atoms with E-state index in [-0.39, 0.29) is 11.4 Å². The van der Waals surface area contributed by atoms with Gasteiger partial charge in [-0.1, -0.05) is 26.2 Å². The van der Waals surface area contributed by atoms with Crippen molar-refractivity contribution in [2.45, 2.75) is 57.4 Å². The summed E-state index contributed by atoms with van der Waals surface area (Å²) >= 11 is 0. The maximum absolute atomic E-state index is 12.4. The normalized spacial score (nSPS) is 24.4. The molecule has 4 nitrogen and oxygen atoms in total. The first-order valence-electron chi connectivity index (χ1n) is 7.92. The first kappa shape index (κ1) is 14.8. The van der Waals surface area contributed by atoms with E-state index in [2.05, 4.69) is 11.8 Å². The fourth-order valence-corrected chi connectivity index (χ4v) is 3.38. The molecule has 1 saturated heterocycles. The minimum atomic E-state index is -0.212. The fraction of sp³-hybridized carbons (Fsp3) is 0.933. The van der Waals surface area contributed by atoms with Gasteiger partial charge in [-0.2, -0.15) is 0 Å². The average molecular weight is 267 g/mol. The van der Waals surface area contributed by atoms with Crippen molar-refractivity contribution in [2.24, 2.45) is 5.73 Å². The molecular formula is C15H29N3O. The van der Waals surface area contributed by atoms with Crippen LogP contribution in [0.4, 0.5) is 0 Å². The standard InChI is InChI=1S/C15H29N3O/c1-2-8-17-9-11-18(12-10-17)14(19)13-15(16)6-4-3-5-7-15/h2-13,16H2,1H3. The number of hydrogen-bond donors (Lipinski definition) is 1. The van der Waals surface area contributed by atoms with E-state index in [0.717, 1.165) is 45.6 Å². The Morgan fingerprint density at radius 2 is 1.74 bits per heavy atom. The Hall–Kier alpha value is -0.610. The van der Waals surface area contributed by atoms with E-state index >= 15 is 0 Å². The quantitative estimate of drug-likeness (QED) is 0.841. The van der Waals surface area contributed by atoms with Gasteiger partial charge in [0, 0.05) is 38.1 Å². The number of nitrogens with two attached hydrogens (primary N) is 1. The van der Waals surface area contributed by atoms with Crippen LogP contribution in [0.15, 0.2) is 0 Å². The Morgan fingerprint density at radius 1 is 1.11 bits per heavy atom. The predicted molar refractivity (Wildman–Crippen MR) is 77.9 cm³/mol. The highest BCUT2D eigenvalue weighted by Crippen LogP contribution is 2.29. The van der Waals surface area contributed by atoms with Crippen LogP contribution in [0.2, 0.25) is 0 Å². The van der Waals surface area contributed by atoms with Crippen LogP contribution in [0.25, 0.3) is 0 Å². The van der Waals surface area contributed by atoms with Crippen molar-refractivity contribution in [3.05, 3.63) is 0 Å². The second kappa shape index (κ2) is 6.71. The summed E-state index contributed by atoms with van der Waals surface area (Å²) in [7, 11) is 0. The van der Waals surface area contributed by atoms with Crippen molar-refractivity contribution in [1.82, 2.24) is 9.80 Å². The molecule has 0 aromatic heterocycles. The summed E-state index contributed by atoms with van der Waals surface area (Å²) < 4.78 is 0. The van der Waals surface area contributed by atoms with Crippen LogP contribution >= 0.6 is 0 Å². The van der Waals surface area contributed by atoms with Gasteiger partial charge in [-0.05, 0) is 25.8 Å². The third-order valence-electron chi connectivity index (χ3n) is 4.62. The van der Waals surface area contributed by atoms with Gasteiger partial charge in [0.1, 0.15) is 0 Å². The lowest BCUT2D eigenvalue weighted by Crippen LogP contribution is -2.52. The van der Waals surface area contributed by atoms with Crippen LogP contribution in [-0.2, 0) is 4.79 Å². The molecule has 2 N–H and O–H groups in total. The minimum Gasteiger partial charge on any atom is -0.340 e. The summed E-state index contributed by atoms with van der Waals surface area (Å²) in [5.41, 5.74) is 6.17. The van der Waals surface area contributed by atoms with E-state index in [1.807, 2.05) is 4.90 Å². The molecule has 0 radical (unpaired) electrons. The molecule has 0 bridgehead atoms. The number of carbonyl (C=O) groups is 1. The highest BCUT2D eigenvalue weighted by Gasteiger charge is 2.32. The summed E-state index contributed by atoms with van der Waals surface area (Å²) in [6.07, 6.45) is 7.45. The van der Waals surface area contributed by atoms with Gasteiger partial charge >= 0.3 is 0 Å². The van der Waals surface area contributed by atoms with Crippen LogP contribution < -0.4 is 5.73 Å². The monoisotopic (exact) mass is 267 g/mol. The van der Waals surface area contributed by atoms with Crippen LogP contribution in [0, 0.1) is 0 Å². The van der Waals surface area contributed by atoms with Crippen molar-refractivity contribution < 1.29 is 4.79 Å². The van der Waals surface area contributed by atoms with Crippen molar-refractivity contribution in [3.8, 4) is 0 Å². The van der Waals surface area contributed by atoms with Gasteiger partial charge in [0.15, 0.2) is 0 Å². The smallest absolute Gasteiger partial charge is 0.224 e. The molecule has 1 saturated carbocycles. The molecule has 19 heavy (non-hydrogen) atoms. The topological polar surface area (TPSA) is 49.6 Å². The van der Waals surface area contributed by atoms with Crippen molar-refractivity contribution >= 4 is 5.91 Å². The van der Waals surface area contributed by atoms with Gasteiger partial charge in [-0.15, -0.1) is 0 Å². The lowest BCUT2D eigenvalue weighted by atomic mass is 9.80. The molecule has 2 rings (SSSR count). The largest absolute Gasteiger partial charge is 0.340 e. The number of nitrogens with zero attached hydrogens (tertiary/aromatic N) is 2. The van der Waals surface area contributed by atoms with E-state index < -0.39 is 0 Å². The van der Waals surface area contributed by atoms with Gasteiger partial charge in [0.25, 0.3) is 0 Å². The van der Waals surface area contributed by atoms with Crippen molar-refractivity contribution in [1.29, 1.82) is 0 Å². The Kier molecular flexibility index (Phi) is 5.22. The molecule has 1 amide bonds. The molecule has 0 unspecified atom stereocenters. The fourth-order valence-electron chi connectivity index (χ4n) is 3.38. The van der Waals surface area contributed by atoms with E-state index in [4.69, 9.17) is 5.73 Å². The highest BCUT2D eigenvalue weighted by atomic mass is 16.2. The molecule has 4 heteroatoms. The first-order valence-corrected chi connectivity index (χ1v) is 7.92.